The van der Waals surface area contributed by atoms with E-state index in [2.05, 4.69) is 39.5 Å². The van der Waals surface area contributed by atoms with Gasteiger partial charge in [0.1, 0.15) is 5.82 Å². The second-order valence-corrected chi connectivity index (χ2v) is 5.22. The van der Waals surface area contributed by atoms with Gasteiger partial charge in [0.05, 0.1) is 17.2 Å². The molecule has 104 valence electrons. The van der Waals surface area contributed by atoms with Crippen LogP contribution in [0, 0.1) is 0 Å². The predicted octanol–water partition coefficient (Wildman–Crippen LogP) is 3.06. The molecule has 2 aromatic carbocycles. The van der Waals surface area contributed by atoms with E-state index in [1.54, 1.807) is 0 Å². The van der Waals surface area contributed by atoms with Crippen LogP contribution in [-0.4, -0.2) is 23.1 Å². The molecule has 0 spiro atoms. The minimum Gasteiger partial charge on any atom is -0.383 e. The molecule has 0 saturated carbocycles. The van der Waals surface area contributed by atoms with Crippen LogP contribution < -0.4 is 10.2 Å². The normalized spacial score (nSPS) is 14.4. The topological polar surface area (TPSA) is 41.1 Å². The quantitative estimate of drug-likeness (QED) is 0.741. The van der Waals surface area contributed by atoms with E-state index in [0.29, 0.717) is 0 Å². The van der Waals surface area contributed by atoms with Crippen LogP contribution >= 0.6 is 0 Å². The number of hydrogen-bond acceptors (Lipinski definition) is 4. The molecule has 4 nitrogen and oxygen atoms in total. The van der Waals surface area contributed by atoms with Crippen molar-refractivity contribution in [3.63, 3.8) is 0 Å². The van der Waals surface area contributed by atoms with Gasteiger partial charge in [0, 0.05) is 25.3 Å². The average molecular weight is 276 g/mol. The lowest BCUT2D eigenvalue weighted by molar-refractivity contribution is 0.811. The highest BCUT2D eigenvalue weighted by molar-refractivity contribution is 5.75. The van der Waals surface area contributed by atoms with E-state index >= 15 is 0 Å². The van der Waals surface area contributed by atoms with Gasteiger partial charge in [-0.1, -0.05) is 30.3 Å². The molecule has 2 heterocycles. The SMILES string of the molecule is c1ccc2c(c1)CN(c1cnc3ccccc3n1)CCN2. The van der Waals surface area contributed by atoms with Crippen molar-refractivity contribution in [2.24, 2.45) is 0 Å². The third-order valence-electron chi connectivity index (χ3n) is 3.84. The van der Waals surface area contributed by atoms with Gasteiger partial charge in [-0.25, -0.2) is 4.98 Å². The summed E-state index contributed by atoms with van der Waals surface area (Å²) in [5.41, 5.74) is 4.40. The molecule has 1 N–H and O–H groups in total. The summed E-state index contributed by atoms with van der Waals surface area (Å²) in [7, 11) is 0. The Labute approximate surface area is 123 Å². The summed E-state index contributed by atoms with van der Waals surface area (Å²) in [6.45, 7) is 2.68. The molecule has 0 bridgehead atoms. The number of nitrogens with one attached hydrogen (secondary N) is 1. The number of hydrogen-bond donors (Lipinski definition) is 1. The lowest BCUT2D eigenvalue weighted by Crippen LogP contribution is -2.26. The highest BCUT2D eigenvalue weighted by Crippen LogP contribution is 2.23. The first-order chi connectivity index (χ1) is 10.4. The summed E-state index contributed by atoms with van der Waals surface area (Å²) >= 11 is 0. The molecule has 21 heavy (non-hydrogen) atoms. The van der Waals surface area contributed by atoms with E-state index < -0.39 is 0 Å². The Bertz CT molecular complexity index is 784. The Morgan fingerprint density at radius 3 is 2.71 bits per heavy atom. The van der Waals surface area contributed by atoms with E-state index in [1.807, 2.05) is 30.5 Å². The maximum Gasteiger partial charge on any atom is 0.148 e. The Morgan fingerprint density at radius 2 is 1.76 bits per heavy atom. The van der Waals surface area contributed by atoms with Crippen molar-refractivity contribution >= 4 is 22.5 Å². The lowest BCUT2D eigenvalue weighted by atomic mass is 10.2. The summed E-state index contributed by atoms with van der Waals surface area (Å²) in [5.74, 6) is 0.937. The maximum absolute atomic E-state index is 4.75. The molecule has 3 aromatic rings. The molecule has 0 unspecified atom stereocenters. The monoisotopic (exact) mass is 276 g/mol. The number of nitrogens with zero attached hydrogens (tertiary/aromatic N) is 3. The van der Waals surface area contributed by atoms with Gasteiger partial charge in [-0.3, -0.25) is 4.98 Å². The molecule has 4 rings (SSSR count). The second kappa shape index (κ2) is 5.05. The van der Waals surface area contributed by atoms with Crippen LogP contribution in [0.2, 0.25) is 0 Å². The number of rotatable bonds is 1. The highest BCUT2D eigenvalue weighted by atomic mass is 15.2. The molecule has 0 amide bonds. The summed E-state index contributed by atoms with van der Waals surface area (Å²) in [6.07, 6.45) is 1.87. The summed E-state index contributed by atoms with van der Waals surface area (Å²) in [5, 5.41) is 3.47. The van der Waals surface area contributed by atoms with E-state index in [9.17, 15) is 0 Å². The summed E-state index contributed by atoms with van der Waals surface area (Å²) in [4.78, 5) is 11.5. The molecule has 1 aliphatic rings. The van der Waals surface area contributed by atoms with Crippen molar-refractivity contribution in [3.05, 3.63) is 60.3 Å². The number of aromatic nitrogens is 2. The third-order valence-corrected chi connectivity index (χ3v) is 3.84. The number of fused-ring (bicyclic) bond motifs is 2. The van der Waals surface area contributed by atoms with Crippen LogP contribution in [0.3, 0.4) is 0 Å². The minimum absolute atomic E-state index is 0.857. The van der Waals surface area contributed by atoms with Gasteiger partial charge in [-0.2, -0.15) is 0 Å². The van der Waals surface area contributed by atoms with Gasteiger partial charge >= 0.3 is 0 Å². The molecule has 4 heteroatoms. The van der Waals surface area contributed by atoms with Gasteiger partial charge < -0.3 is 10.2 Å². The first kappa shape index (κ1) is 12.1. The molecule has 0 aliphatic carbocycles. The second-order valence-electron chi connectivity index (χ2n) is 5.22. The van der Waals surface area contributed by atoms with Crippen molar-refractivity contribution in [1.29, 1.82) is 0 Å². The predicted molar refractivity (Wildman–Crippen MR) is 85.5 cm³/mol. The molecule has 1 aliphatic heterocycles. The van der Waals surface area contributed by atoms with E-state index in [-0.39, 0.29) is 0 Å². The zero-order chi connectivity index (χ0) is 14.1. The van der Waals surface area contributed by atoms with Gasteiger partial charge in [0.15, 0.2) is 0 Å². The average Bonchev–Trinajstić information content (AvgIpc) is 2.76. The van der Waals surface area contributed by atoms with Crippen molar-refractivity contribution in [2.45, 2.75) is 6.54 Å². The van der Waals surface area contributed by atoms with Crippen molar-refractivity contribution < 1.29 is 0 Å². The van der Waals surface area contributed by atoms with Crippen LogP contribution in [0.25, 0.3) is 11.0 Å². The van der Waals surface area contributed by atoms with Crippen LogP contribution in [-0.2, 0) is 6.54 Å². The Balaban J connectivity index is 1.71. The fourth-order valence-corrected chi connectivity index (χ4v) is 2.74. The summed E-state index contributed by atoms with van der Waals surface area (Å²) in [6, 6.07) is 16.4. The van der Waals surface area contributed by atoms with Crippen LogP contribution in [0.4, 0.5) is 11.5 Å². The number of anilines is 2. The van der Waals surface area contributed by atoms with Gasteiger partial charge in [0.2, 0.25) is 0 Å². The van der Waals surface area contributed by atoms with Gasteiger partial charge in [0.25, 0.3) is 0 Å². The van der Waals surface area contributed by atoms with Crippen LogP contribution in [0.15, 0.2) is 54.7 Å². The largest absolute Gasteiger partial charge is 0.383 e. The number of para-hydroxylation sites is 3. The first-order valence-corrected chi connectivity index (χ1v) is 7.19. The molecule has 0 radical (unpaired) electrons. The van der Waals surface area contributed by atoms with E-state index in [1.165, 1.54) is 11.3 Å². The molecule has 0 saturated heterocycles. The third kappa shape index (κ3) is 2.29. The van der Waals surface area contributed by atoms with Crippen LogP contribution in [0.5, 0.6) is 0 Å². The van der Waals surface area contributed by atoms with Crippen molar-refractivity contribution in [3.8, 4) is 0 Å². The minimum atomic E-state index is 0.857. The zero-order valence-corrected chi connectivity index (χ0v) is 11.7. The van der Waals surface area contributed by atoms with E-state index in [0.717, 1.165) is 36.5 Å². The Kier molecular flexibility index (Phi) is 2.92. The molecule has 0 fully saturated rings. The number of benzene rings is 2. The highest BCUT2D eigenvalue weighted by Gasteiger charge is 2.15. The van der Waals surface area contributed by atoms with Gasteiger partial charge in [-0.05, 0) is 23.8 Å². The Morgan fingerprint density at radius 1 is 0.952 bits per heavy atom. The summed E-state index contributed by atoms with van der Waals surface area (Å²) < 4.78 is 0. The first-order valence-electron chi connectivity index (χ1n) is 7.19. The van der Waals surface area contributed by atoms with Gasteiger partial charge in [-0.15, -0.1) is 0 Å². The fourth-order valence-electron chi connectivity index (χ4n) is 2.74. The zero-order valence-electron chi connectivity index (χ0n) is 11.7. The molecule has 0 atom stereocenters. The Hall–Kier alpha value is -2.62. The smallest absolute Gasteiger partial charge is 0.148 e. The van der Waals surface area contributed by atoms with E-state index in [4.69, 9.17) is 4.98 Å². The van der Waals surface area contributed by atoms with Crippen LogP contribution in [0.1, 0.15) is 5.56 Å². The molecular weight excluding hydrogens is 260 g/mol. The molecular formula is C17H16N4. The van der Waals surface area contributed by atoms with Crippen molar-refractivity contribution in [1.82, 2.24) is 9.97 Å². The standard InChI is InChI=1S/C17H16N4/c1-2-6-14-13(5-1)12-21(10-9-18-14)17-11-19-15-7-3-4-8-16(15)20-17/h1-8,11,18H,9-10,12H2. The lowest BCUT2D eigenvalue weighted by Gasteiger charge is -2.21. The maximum atomic E-state index is 4.75. The fraction of sp³-hybridized carbons (Fsp3) is 0.176. The molecule has 1 aromatic heterocycles. The van der Waals surface area contributed by atoms with Crippen molar-refractivity contribution in [2.75, 3.05) is 23.3 Å².